The molecule has 29 heavy (non-hydrogen) atoms. The first-order valence-corrected chi connectivity index (χ1v) is 11.6. The summed E-state index contributed by atoms with van der Waals surface area (Å²) in [6.45, 7) is 7.83. The second-order valence-corrected chi connectivity index (χ2v) is 10.3. The van der Waals surface area contributed by atoms with Crippen LogP contribution >= 0.6 is 0 Å². The van der Waals surface area contributed by atoms with Crippen molar-refractivity contribution < 1.29 is 22.4 Å². The van der Waals surface area contributed by atoms with Crippen molar-refractivity contribution in [1.82, 2.24) is 4.90 Å². The van der Waals surface area contributed by atoms with E-state index in [4.69, 9.17) is 9.15 Å². The average molecular weight is 422 g/mol. The molecule has 0 saturated carbocycles. The highest BCUT2D eigenvalue weighted by molar-refractivity contribution is 7.91. The third-order valence-electron chi connectivity index (χ3n) is 5.32. The van der Waals surface area contributed by atoms with Crippen molar-refractivity contribution >= 4 is 26.7 Å². The number of ether oxygens (including phenoxy) is 1. The summed E-state index contributed by atoms with van der Waals surface area (Å²) >= 11 is 0. The standard InChI is InChI=1S/C21H27NO6S/c1-13(2)10-22(16-7-8-29(25,26)12-16)20(23)11-27-17-5-6-18-14(3)15(4)21(24)28-19(18)9-17/h5-6,9,13,16H,7-8,10-12H2,1-4H3. The molecule has 1 aliphatic rings. The molecule has 0 aliphatic carbocycles. The zero-order chi connectivity index (χ0) is 21.3. The number of aryl methyl sites for hydroxylation is 1. The maximum Gasteiger partial charge on any atom is 0.339 e. The molecule has 8 heteroatoms. The van der Waals surface area contributed by atoms with E-state index in [1.165, 1.54) is 0 Å². The van der Waals surface area contributed by atoms with E-state index in [0.29, 0.717) is 29.9 Å². The lowest BCUT2D eigenvalue weighted by Gasteiger charge is -2.29. The van der Waals surface area contributed by atoms with E-state index < -0.39 is 15.5 Å². The van der Waals surface area contributed by atoms with Crippen LogP contribution < -0.4 is 10.4 Å². The van der Waals surface area contributed by atoms with Gasteiger partial charge in [-0.1, -0.05) is 13.8 Å². The molecule has 0 N–H and O–H groups in total. The van der Waals surface area contributed by atoms with E-state index in [1.807, 2.05) is 20.8 Å². The summed E-state index contributed by atoms with van der Waals surface area (Å²) in [6, 6.07) is 4.83. The Kier molecular flexibility index (Phi) is 6.03. The van der Waals surface area contributed by atoms with Crippen LogP contribution in [0.4, 0.5) is 0 Å². The Labute approximate surface area is 170 Å². The molecule has 0 bridgehead atoms. The van der Waals surface area contributed by atoms with Crippen LogP contribution in [-0.4, -0.2) is 49.9 Å². The zero-order valence-corrected chi connectivity index (χ0v) is 18.0. The number of nitrogens with zero attached hydrogens (tertiary/aromatic N) is 1. The van der Waals surface area contributed by atoms with E-state index in [0.717, 1.165) is 10.9 Å². The van der Waals surface area contributed by atoms with E-state index in [2.05, 4.69) is 0 Å². The van der Waals surface area contributed by atoms with Gasteiger partial charge in [-0.25, -0.2) is 13.2 Å². The van der Waals surface area contributed by atoms with Crippen LogP contribution in [-0.2, 0) is 14.6 Å². The summed E-state index contributed by atoms with van der Waals surface area (Å²) in [5.74, 6) is 0.500. The van der Waals surface area contributed by atoms with Crippen LogP contribution in [0.25, 0.3) is 11.0 Å². The van der Waals surface area contributed by atoms with Crippen LogP contribution in [0.1, 0.15) is 31.4 Å². The second-order valence-electron chi connectivity index (χ2n) is 8.08. The van der Waals surface area contributed by atoms with Gasteiger partial charge < -0.3 is 14.1 Å². The highest BCUT2D eigenvalue weighted by Gasteiger charge is 2.35. The summed E-state index contributed by atoms with van der Waals surface area (Å²) in [5.41, 5.74) is 1.43. The van der Waals surface area contributed by atoms with E-state index in [1.54, 1.807) is 30.0 Å². The minimum Gasteiger partial charge on any atom is -0.484 e. The van der Waals surface area contributed by atoms with Gasteiger partial charge in [-0.15, -0.1) is 0 Å². The summed E-state index contributed by atoms with van der Waals surface area (Å²) in [4.78, 5) is 26.3. The zero-order valence-electron chi connectivity index (χ0n) is 17.2. The van der Waals surface area contributed by atoms with Gasteiger partial charge in [-0.2, -0.15) is 0 Å². The monoisotopic (exact) mass is 421 g/mol. The summed E-state index contributed by atoms with van der Waals surface area (Å²) in [6.07, 6.45) is 0.459. The molecule has 1 fully saturated rings. The van der Waals surface area contributed by atoms with Gasteiger partial charge in [0.1, 0.15) is 11.3 Å². The molecule has 1 atom stereocenters. The molecule has 2 aromatic rings. The SMILES string of the molecule is Cc1c(C)c2ccc(OCC(=O)N(CC(C)C)C3CCS(=O)(=O)C3)cc2oc1=O. The van der Waals surface area contributed by atoms with Gasteiger partial charge in [-0.3, -0.25) is 4.79 Å². The minimum atomic E-state index is -3.09. The molecule has 2 heterocycles. The van der Waals surface area contributed by atoms with Gasteiger partial charge in [0, 0.05) is 29.6 Å². The number of sulfone groups is 1. The molecule has 158 valence electrons. The lowest BCUT2D eigenvalue weighted by Crippen LogP contribution is -2.45. The van der Waals surface area contributed by atoms with Crippen LogP contribution in [0, 0.1) is 19.8 Å². The number of fused-ring (bicyclic) bond motifs is 1. The van der Waals surface area contributed by atoms with Gasteiger partial charge in [0.2, 0.25) is 0 Å². The quantitative estimate of drug-likeness (QED) is 0.665. The maximum atomic E-state index is 12.8. The predicted molar refractivity (Wildman–Crippen MR) is 111 cm³/mol. The summed E-state index contributed by atoms with van der Waals surface area (Å²) < 4.78 is 34.6. The fourth-order valence-electron chi connectivity index (χ4n) is 3.62. The van der Waals surface area contributed by atoms with E-state index in [-0.39, 0.29) is 36.0 Å². The van der Waals surface area contributed by atoms with Crippen molar-refractivity contribution in [3.63, 3.8) is 0 Å². The van der Waals surface area contributed by atoms with Crippen LogP contribution in [0.2, 0.25) is 0 Å². The van der Waals surface area contributed by atoms with Crippen LogP contribution in [0.3, 0.4) is 0 Å². The van der Waals surface area contributed by atoms with E-state index in [9.17, 15) is 18.0 Å². The topological polar surface area (TPSA) is 93.9 Å². The summed E-state index contributed by atoms with van der Waals surface area (Å²) in [7, 11) is -3.09. The van der Waals surface area contributed by atoms with Crippen molar-refractivity contribution in [2.75, 3.05) is 24.7 Å². The van der Waals surface area contributed by atoms with Crippen molar-refractivity contribution in [3.05, 3.63) is 39.7 Å². The molecule has 1 aliphatic heterocycles. The number of carbonyl (C=O) groups excluding carboxylic acids is 1. The number of benzene rings is 1. The number of carbonyl (C=O) groups is 1. The lowest BCUT2D eigenvalue weighted by atomic mass is 10.1. The first-order valence-electron chi connectivity index (χ1n) is 9.74. The fraction of sp³-hybridized carbons (Fsp3) is 0.524. The van der Waals surface area contributed by atoms with Crippen LogP contribution in [0.5, 0.6) is 5.75 Å². The molecule has 0 spiro atoms. The minimum absolute atomic E-state index is 0.00518. The molecule has 1 aromatic heterocycles. The molecule has 1 saturated heterocycles. The van der Waals surface area contributed by atoms with Gasteiger partial charge in [-0.05, 0) is 43.9 Å². The molecular formula is C21H27NO6S. The molecule has 0 radical (unpaired) electrons. The summed E-state index contributed by atoms with van der Waals surface area (Å²) in [5, 5.41) is 0.818. The van der Waals surface area contributed by atoms with Crippen molar-refractivity contribution in [2.24, 2.45) is 5.92 Å². The average Bonchev–Trinajstić information content (AvgIpc) is 3.01. The predicted octanol–water partition coefficient (Wildman–Crippen LogP) is 2.46. The van der Waals surface area contributed by atoms with Crippen molar-refractivity contribution in [2.45, 2.75) is 40.2 Å². The third-order valence-corrected chi connectivity index (χ3v) is 7.07. The number of amides is 1. The number of hydrogen-bond acceptors (Lipinski definition) is 6. The Morgan fingerprint density at radius 1 is 1.28 bits per heavy atom. The molecule has 1 unspecified atom stereocenters. The second kappa shape index (κ2) is 8.18. The normalized spacial score (nSPS) is 18.3. The Hall–Kier alpha value is -2.35. The molecular weight excluding hydrogens is 394 g/mol. The smallest absolute Gasteiger partial charge is 0.339 e. The van der Waals surface area contributed by atoms with Gasteiger partial charge in [0.05, 0.1) is 11.5 Å². The first-order chi connectivity index (χ1) is 13.6. The Morgan fingerprint density at radius 3 is 2.62 bits per heavy atom. The number of rotatable bonds is 6. The van der Waals surface area contributed by atoms with Gasteiger partial charge in [0.25, 0.3) is 5.91 Å². The molecule has 3 rings (SSSR count). The molecule has 7 nitrogen and oxygen atoms in total. The third kappa shape index (κ3) is 4.80. The van der Waals surface area contributed by atoms with E-state index >= 15 is 0 Å². The maximum absolute atomic E-state index is 12.8. The highest BCUT2D eigenvalue weighted by Crippen LogP contribution is 2.24. The number of hydrogen-bond donors (Lipinski definition) is 0. The van der Waals surface area contributed by atoms with Gasteiger partial charge in [0.15, 0.2) is 16.4 Å². The lowest BCUT2D eigenvalue weighted by molar-refractivity contribution is -0.135. The first kappa shape index (κ1) is 21.4. The van der Waals surface area contributed by atoms with Crippen molar-refractivity contribution in [3.8, 4) is 5.75 Å². The highest BCUT2D eigenvalue weighted by atomic mass is 32.2. The largest absolute Gasteiger partial charge is 0.484 e. The Balaban J connectivity index is 1.75. The van der Waals surface area contributed by atoms with Gasteiger partial charge >= 0.3 is 5.63 Å². The van der Waals surface area contributed by atoms with Crippen LogP contribution in [0.15, 0.2) is 27.4 Å². The fourth-order valence-corrected chi connectivity index (χ4v) is 5.35. The van der Waals surface area contributed by atoms with Crippen molar-refractivity contribution in [1.29, 1.82) is 0 Å². The molecule has 1 aromatic carbocycles. The molecule has 1 amide bonds. The Bertz CT molecular complexity index is 1090. The Morgan fingerprint density at radius 2 is 2.00 bits per heavy atom.